The van der Waals surface area contributed by atoms with Crippen LogP contribution in [0.1, 0.15) is 26.5 Å². The van der Waals surface area contributed by atoms with Crippen LogP contribution in [0.25, 0.3) is 0 Å². The highest BCUT2D eigenvalue weighted by molar-refractivity contribution is 5.16. The first-order valence-electron chi connectivity index (χ1n) is 5.73. The molecule has 0 amide bonds. The van der Waals surface area contributed by atoms with Crippen molar-refractivity contribution in [3.63, 3.8) is 0 Å². The Kier molecular flexibility index (Phi) is 3.10. The standard InChI is InChI=1S/C12H19N3O/c1-12(2,3)10-4-5-11(15-14-10)16-8-9-6-13-7-9/h4-5,9,13H,6-8H2,1-3H3. The molecule has 88 valence electrons. The molecular formula is C12H19N3O. The summed E-state index contributed by atoms with van der Waals surface area (Å²) >= 11 is 0. The summed E-state index contributed by atoms with van der Waals surface area (Å²) in [6.45, 7) is 9.20. The van der Waals surface area contributed by atoms with Gasteiger partial charge in [-0.15, -0.1) is 5.10 Å². The van der Waals surface area contributed by atoms with Gasteiger partial charge in [0, 0.05) is 30.5 Å². The quantitative estimate of drug-likeness (QED) is 0.837. The lowest BCUT2D eigenvalue weighted by Gasteiger charge is -2.26. The fraction of sp³-hybridized carbons (Fsp3) is 0.667. The van der Waals surface area contributed by atoms with E-state index >= 15 is 0 Å². The Labute approximate surface area is 96.4 Å². The van der Waals surface area contributed by atoms with Crippen LogP contribution in [0.5, 0.6) is 5.88 Å². The van der Waals surface area contributed by atoms with Crippen molar-refractivity contribution in [1.29, 1.82) is 0 Å². The summed E-state index contributed by atoms with van der Waals surface area (Å²) in [4.78, 5) is 0. The Hall–Kier alpha value is -1.16. The van der Waals surface area contributed by atoms with Gasteiger partial charge in [-0.25, -0.2) is 0 Å². The monoisotopic (exact) mass is 221 g/mol. The van der Waals surface area contributed by atoms with Gasteiger partial charge in [0.15, 0.2) is 0 Å². The van der Waals surface area contributed by atoms with E-state index in [2.05, 4.69) is 36.3 Å². The van der Waals surface area contributed by atoms with Crippen molar-refractivity contribution in [2.24, 2.45) is 5.92 Å². The molecule has 1 N–H and O–H groups in total. The molecule has 1 aliphatic rings. The molecule has 1 aliphatic heterocycles. The third-order valence-corrected chi connectivity index (χ3v) is 2.74. The van der Waals surface area contributed by atoms with Crippen LogP contribution in [-0.2, 0) is 5.41 Å². The van der Waals surface area contributed by atoms with Crippen LogP contribution in [0, 0.1) is 5.92 Å². The van der Waals surface area contributed by atoms with E-state index in [0.717, 1.165) is 25.4 Å². The van der Waals surface area contributed by atoms with Gasteiger partial charge in [-0.1, -0.05) is 20.8 Å². The van der Waals surface area contributed by atoms with E-state index in [1.165, 1.54) is 0 Å². The fourth-order valence-electron chi connectivity index (χ4n) is 1.47. The Morgan fingerprint density at radius 1 is 1.31 bits per heavy atom. The Morgan fingerprint density at radius 3 is 2.50 bits per heavy atom. The SMILES string of the molecule is CC(C)(C)c1ccc(OCC2CNC2)nn1. The number of nitrogens with zero attached hydrogens (tertiary/aromatic N) is 2. The lowest BCUT2D eigenvalue weighted by molar-refractivity contribution is 0.191. The number of hydrogen-bond acceptors (Lipinski definition) is 4. The van der Waals surface area contributed by atoms with Crippen LogP contribution < -0.4 is 10.1 Å². The molecule has 1 aromatic heterocycles. The van der Waals surface area contributed by atoms with Crippen molar-refractivity contribution in [3.8, 4) is 5.88 Å². The van der Waals surface area contributed by atoms with Crippen molar-refractivity contribution in [1.82, 2.24) is 15.5 Å². The Balaban J connectivity index is 1.91. The third kappa shape index (κ3) is 2.70. The number of aromatic nitrogens is 2. The second-order valence-corrected chi connectivity index (χ2v) is 5.34. The van der Waals surface area contributed by atoms with Gasteiger partial charge in [0.2, 0.25) is 5.88 Å². The smallest absolute Gasteiger partial charge is 0.233 e. The molecule has 0 aliphatic carbocycles. The number of ether oxygens (including phenoxy) is 1. The molecule has 0 aromatic carbocycles. The highest BCUT2D eigenvalue weighted by Gasteiger charge is 2.18. The van der Waals surface area contributed by atoms with E-state index in [1.54, 1.807) is 0 Å². The third-order valence-electron chi connectivity index (χ3n) is 2.74. The van der Waals surface area contributed by atoms with E-state index in [0.29, 0.717) is 11.8 Å². The second kappa shape index (κ2) is 4.37. The molecule has 0 saturated carbocycles. The molecule has 2 heterocycles. The number of nitrogens with one attached hydrogen (secondary N) is 1. The summed E-state index contributed by atoms with van der Waals surface area (Å²) in [5.74, 6) is 1.25. The maximum atomic E-state index is 5.56. The van der Waals surface area contributed by atoms with Crippen molar-refractivity contribution in [2.45, 2.75) is 26.2 Å². The first-order valence-corrected chi connectivity index (χ1v) is 5.73. The summed E-state index contributed by atoms with van der Waals surface area (Å²) in [6, 6.07) is 3.89. The van der Waals surface area contributed by atoms with Crippen LogP contribution >= 0.6 is 0 Å². The molecule has 0 spiro atoms. The van der Waals surface area contributed by atoms with Crippen molar-refractivity contribution < 1.29 is 4.74 Å². The number of hydrogen-bond donors (Lipinski definition) is 1. The average Bonchev–Trinajstić information content (AvgIpc) is 2.15. The molecular weight excluding hydrogens is 202 g/mol. The summed E-state index contributed by atoms with van der Waals surface area (Å²) in [5, 5.41) is 11.5. The first-order chi connectivity index (χ1) is 7.55. The molecule has 2 rings (SSSR count). The van der Waals surface area contributed by atoms with E-state index in [9.17, 15) is 0 Å². The zero-order valence-electron chi connectivity index (χ0n) is 10.2. The minimum atomic E-state index is 0.0451. The topological polar surface area (TPSA) is 47.0 Å². The minimum Gasteiger partial charge on any atom is -0.476 e. The molecule has 1 fully saturated rings. The van der Waals surface area contributed by atoms with Gasteiger partial charge in [-0.3, -0.25) is 0 Å². The molecule has 0 atom stereocenters. The van der Waals surface area contributed by atoms with Gasteiger partial charge < -0.3 is 10.1 Å². The van der Waals surface area contributed by atoms with Gasteiger partial charge in [0.05, 0.1) is 12.3 Å². The van der Waals surface area contributed by atoms with Gasteiger partial charge in [-0.05, 0) is 6.07 Å². The van der Waals surface area contributed by atoms with Crippen molar-refractivity contribution >= 4 is 0 Å². The van der Waals surface area contributed by atoms with Crippen LogP contribution in [0.2, 0.25) is 0 Å². The number of rotatable bonds is 3. The van der Waals surface area contributed by atoms with Gasteiger partial charge in [0.1, 0.15) is 0 Å². The van der Waals surface area contributed by atoms with E-state index in [4.69, 9.17) is 4.74 Å². The zero-order chi connectivity index (χ0) is 11.6. The molecule has 4 nitrogen and oxygen atoms in total. The lowest BCUT2D eigenvalue weighted by atomic mass is 9.92. The zero-order valence-corrected chi connectivity index (χ0v) is 10.2. The van der Waals surface area contributed by atoms with E-state index in [1.807, 2.05) is 12.1 Å². The maximum Gasteiger partial charge on any atom is 0.233 e. The molecule has 4 heteroatoms. The van der Waals surface area contributed by atoms with E-state index < -0.39 is 0 Å². The molecule has 1 aromatic rings. The highest BCUT2D eigenvalue weighted by Crippen LogP contribution is 2.20. The average molecular weight is 221 g/mol. The minimum absolute atomic E-state index is 0.0451. The molecule has 0 unspecified atom stereocenters. The van der Waals surface area contributed by atoms with Gasteiger partial charge in [0.25, 0.3) is 0 Å². The lowest BCUT2D eigenvalue weighted by Crippen LogP contribution is -2.45. The Morgan fingerprint density at radius 2 is 2.06 bits per heavy atom. The summed E-state index contributed by atoms with van der Waals surface area (Å²) < 4.78 is 5.56. The predicted octanol–water partition coefficient (Wildman–Crippen LogP) is 1.37. The molecule has 0 bridgehead atoms. The molecule has 0 radical (unpaired) electrons. The van der Waals surface area contributed by atoms with E-state index in [-0.39, 0.29) is 5.41 Å². The first kappa shape index (κ1) is 11.3. The fourth-order valence-corrected chi connectivity index (χ4v) is 1.47. The van der Waals surface area contributed by atoms with Crippen molar-refractivity contribution in [3.05, 3.63) is 17.8 Å². The Bertz CT molecular complexity index is 338. The molecule has 1 saturated heterocycles. The summed E-state index contributed by atoms with van der Waals surface area (Å²) in [7, 11) is 0. The molecule has 16 heavy (non-hydrogen) atoms. The van der Waals surface area contributed by atoms with Crippen LogP contribution in [0.4, 0.5) is 0 Å². The normalized spacial score (nSPS) is 16.9. The predicted molar refractivity (Wildman–Crippen MR) is 62.6 cm³/mol. The van der Waals surface area contributed by atoms with Crippen LogP contribution in [0.15, 0.2) is 12.1 Å². The van der Waals surface area contributed by atoms with Gasteiger partial charge >= 0.3 is 0 Å². The van der Waals surface area contributed by atoms with Crippen LogP contribution in [-0.4, -0.2) is 29.9 Å². The van der Waals surface area contributed by atoms with Crippen LogP contribution in [0.3, 0.4) is 0 Å². The summed E-state index contributed by atoms with van der Waals surface area (Å²) in [5.41, 5.74) is 1.04. The maximum absolute atomic E-state index is 5.56. The van der Waals surface area contributed by atoms with Crippen molar-refractivity contribution in [2.75, 3.05) is 19.7 Å². The summed E-state index contributed by atoms with van der Waals surface area (Å²) in [6.07, 6.45) is 0. The highest BCUT2D eigenvalue weighted by atomic mass is 16.5. The second-order valence-electron chi connectivity index (χ2n) is 5.34. The van der Waals surface area contributed by atoms with Gasteiger partial charge in [-0.2, -0.15) is 5.10 Å². The largest absolute Gasteiger partial charge is 0.476 e.